The molecule has 2 aromatic carbocycles. The summed E-state index contributed by atoms with van der Waals surface area (Å²) in [5, 5.41) is 2.95. The van der Waals surface area contributed by atoms with E-state index in [2.05, 4.69) is 5.32 Å². The molecule has 31 heavy (non-hydrogen) atoms. The van der Waals surface area contributed by atoms with Crippen molar-refractivity contribution in [3.8, 4) is 17.2 Å². The van der Waals surface area contributed by atoms with Crippen LogP contribution in [0.3, 0.4) is 0 Å². The first-order valence-corrected chi connectivity index (χ1v) is 10.4. The highest BCUT2D eigenvalue weighted by molar-refractivity contribution is 5.94. The van der Waals surface area contributed by atoms with Crippen LogP contribution in [0, 0.1) is 5.92 Å². The maximum Gasteiger partial charge on any atom is 0.246 e. The third-order valence-corrected chi connectivity index (χ3v) is 5.49. The van der Waals surface area contributed by atoms with Crippen LogP contribution >= 0.6 is 0 Å². The summed E-state index contributed by atoms with van der Waals surface area (Å²) in [7, 11) is 1.57. The van der Waals surface area contributed by atoms with Gasteiger partial charge >= 0.3 is 0 Å². The largest absolute Gasteiger partial charge is 0.493 e. The molecule has 7 heteroatoms. The Morgan fingerprint density at radius 2 is 1.84 bits per heavy atom. The van der Waals surface area contributed by atoms with Gasteiger partial charge in [0.1, 0.15) is 13.2 Å². The van der Waals surface area contributed by atoms with Gasteiger partial charge in [-0.05, 0) is 48.7 Å². The van der Waals surface area contributed by atoms with E-state index in [1.807, 2.05) is 42.5 Å². The Labute approximate surface area is 181 Å². The molecule has 2 aliphatic rings. The third-order valence-electron chi connectivity index (χ3n) is 5.49. The van der Waals surface area contributed by atoms with Crippen LogP contribution in [-0.2, 0) is 9.59 Å². The second-order valence-corrected chi connectivity index (χ2v) is 7.54. The number of likely N-dealkylation sites (tertiary alicyclic amines) is 1. The summed E-state index contributed by atoms with van der Waals surface area (Å²) in [6, 6.07) is 13.1. The number of carbonyl (C=O) groups is 2. The second-order valence-electron chi connectivity index (χ2n) is 7.54. The summed E-state index contributed by atoms with van der Waals surface area (Å²) < 4.78 is 16.6. The Morgan fingerprint density at radius 3 is 2.58 bits per heavy atom. The molecule has 7 nitrogen and oxygen atoms in total. The number of piperidine rings is 1. The van der Waals surface area contributed by atoms with Gasteiger partial charge in [0.05, 0.1) is 7.11 Å². The van der Waals surface area contributed by atoms with Crippen LogP contribution in [0.5, 0.6) is 17.2 Å². The van der Waals surface area contributed by atoms with Crippen molar-refractivity contribution in [1.29, 1.82) is 0 Å². The lowest BCUT2D eigenvalue weighted by atomic mass is 9.95. The molecule has 2 heterocycles. The lowest BCUT2D eigenvalue weighted by Gasteiger charge is -2.30. The number of benzene rings is 2. The van der Waals surface area contributed by atoms with Crippen molar-refractivity contribution in [3.63, 3.8) is 0 Å². The molecule has 0 aliphatic carbocycles. The molecular formula is C24H26N2O5. The standard InChI is InChI=1S/C24H26N2O5/c1-29-20-15-17(16-21-23(20)31-14-13-30-21)7-8-22(27)26-11-9-18(10-12-26)24(28)25-19-5-3-2-4-6-19/h2-8,15-16,18H,9-14H2,1H3,(H,25,28)/b8-7+. The molecule has 0 unspecified atom stereocenters. The maximum absolute atomic E-state index is 12.6. The molecule has 1 fully saturated rings. The van der Waals surface area contributed by atoms with E-state index >= 15 is 0 Å². The number of hydrogen-bond acceptors (Lipinski definition) is 5. The molecule has 2 aliphatic heterocycles. The first kappa shape index (κ1) is 20.8. The third kappa shape index (κ3) is 4.99. The van der Waals surface area contributed by atoms with Gasteiger partial charge in [-0.3, -0.25) is 9.59 Å². The van der Waals surface area contributed by atoms with E-state index in [9.17, 15) is 9.59 Å². The summed E-state index contributed by atoms with van der Waals surface area (Å²) in [5.41, 5.74) is 1.59. The highest BCUT2D eigenvalue weighted by Gasteiger charge is 2.26. The molecule has 0 atom stereocenters. The molecule has 162 valence electrons. The van der Waals surface area contributed by atoms with Gasteiger partial charge in [0.2, 0.25) is 17.6 Å². The zero-order valence-corrected chi connectivity index (χ0v) is 17.5. The van der Waals surface area contributed by atoms with Gasteiger partial charge < -0.3 is 24.4 Å². The second kappa shape index (κ2) is 9.55. The minimum atomic E-state index is -0.0877. The van der Waals surface area contributed by atoms with Crippen molar-refractivity contribution in [3.05, 3.63) is 54.1 Å². The van der Waals surface area contributed by atoms with Gasteiger partial charge in [0.15, 0.2) is 11.5 Å². The van der Waals surface area contributed by atoms with E-state index < -0.39 is 0 Å². The molecule has 2 amide bonds. The average Bonchev–Trinajstić information content (AvgIpc) is 2.82. The van der Waals surface area contributed by atoms with E-state index in [4.69, 9.17) is 14.2 Å². The Hall–Kier alpha value is -3.48. The fourth-order valence-corrected chi connectivity index (χ4v) is 3.79. The van der Waals surface area contributed by atoms with Crippen LogP contribution in [0.1, 0.15) is 18.4 Å². The zero-order valence-electron chi connectivity index (χ0n) is 17.5. The number of amides is 2. The highest BCUT2D eigenvalue weighted by atomic mass is 16.6. The number of carbonyl (C=O) groups excluding carboxylic acids is 2. The summed E-state index contributed by atoms with van der Waals surface area (Å²) in [4.78, 5) is 26.9. The number of hydrogen-bond donors (Lipinski definition) is 1. The lowest BCUT2D eigenvalue weighted by molar-refractivity contribution is -0.130. The zero-order chi connectivity index (χ0) is 21.6. The monoisotopic (exact) mass is 422 g/mol. The fraction of sp³-hybridized carbons (Fsp3) is 0.333. The minimum Gasteiger partial charge on any atom is -0.493 e. The Bertz CT molecular complexity index is 948. The van der Waals surface area contributed by atoms with Crippen molar-refractivity contribution in [2.75, 3.05) is 38.7 Å². The van der Waals surface area contributed by atoms with Crippen LogP contribution in [0.4, 0.5) is 5.69 Å². The first-order valence-electron chi connectivity index (χ1n) is 10.4. The predicted octanol–water partition coefficient (Wildman–Crippen LogP) is 3.36. The summed E-state index contributed by atoms with van der Waals surface area (Å²) in [5.74, 6) is 1.63. The SMILES string of the molecule is COc1cc(/C=C/C(=O)N2CCC(C(=O)Nc3ccccc3)CC2)cc2c1OCCO2. The van der Waals surface area contributed by atoms with Gasteiger partial charge in [0, 0.05) is 30.8 Å². The number of methoxy groups -OCH3 is 1. The van der Waals surface area contributed by atoms with Crippen molar-refractivity contribution < 1.29 is 23.8 Å². The number of para-hydroxylation sites is 1. The van der Waals surface area contributed by atoms with Gasteiger partial charge in [-0.2, -0.15) is 0 Å². The number of nitrogens with one attached hydrogen (secondary N) is 1. The quantitative estimate of drug-likeness (QED) is 0.748. The van der Waals surface area contributed by atoms with E-state index in [1.165, 1.54) is 0 Å². The van der Waals surface area contributed by atoms with Crippen molar-refractivity contribution in [2.24, 2.45) is 5.92 Å². The van der Waals surface area contributed by atoms with Crippen molar-refractivity contribution in [2.45, 2.75) is 12.8 Å². The van der Waals surface area contributed by atoms with Crippen LogP contribution < -0.4 is 19.5 Å². The smallest absolute Gasteiger partial charge is 0.246 e. The number of rotatable bonds is 5. The van der Waals surface area contributed by atoms with Crippen LogP contribution in [0.25, 0.3) is 6.08 Å². The van der Waals surface area contributed by atoms with Gasteiger partial charge in [-0.1, -0.05) is 18.2 Å². The highest BCUT2D eigenvalue weighted by Crippen LogP contribution is 2.40. The van der Waals surface area contributed by atoms with Gasteiger partial charge in [-0.15, -0.1) is 0 Å². The molecule has 0 aromatic heterocycles. The normalized spacial score (nSPS) is 16.2. The summed E-state index contributed by atoms with van der Waals surface area (Å²) in [6.07, 6.45) is 4.60. The lowest BCUT2D eigenvalue weighted by Crippen LogP contribution is -2.40. The van der Waals surface area contributed by atoms with E-state index in [1.54, 1.807) is 24.2 Å². The minimum absolute atomic E-state index is 0.0113. The molecule has 0 bridgehead atoms. The van der Waals surface area contributed by atoms with Crippen molar-refractivity contribution >= 4 is 23.6 Å². The Kier molecular flexibility index (Phi) is 6.40. The van der Waals surface area contributed by atoms with Crippen molar-refractivity contribution in [1.82, 2.24) is 4.90 Å². The maximum atomic E-state index is 12.6. The van der Waals surface area contributed by atoms with Gasteiger partial charge in [-0.25, -0.2) is 0 Å². The average molecular weight is 422 g/mol. The molecule has 4 rings (SSSR count). The number of anilines is 1. The predicted molar refractivity (Wildman–Crippen MR) is 117 cm³/mol. The van der Waals surface area contributed by atoms with Gasteiger partial charge in [0.25, 0.3) is 0 Å². The molecule has 0 radical (unpaired) electrons. The number of nitrogens with zero attached hydrogens (tertiary/aromatic N) is 1. The molecule has 0 spiro atoms. The van der Waals surface area contributed by atoms with E-state index in [0.29, 0.717) is 56.4 Å². The fourth-order valence-electron chi connectivity index (χ4n) is 3.79. The van der Waals surface area contributed by atoms with Crippen LogP contribution in [-0.4, -0.2) is 50.1 Å². The number of fused-ring (bicyclic) bond motifs is 1. The molecule has 1 N–H and O–H groups in total. The number of ether oxygens (including phenoxy) is 3. The molecule has 1 saturated heterocycles. The molecular weight excluding hydrogens is 396 g/mol. The first-order chi connectivity index (χ1) is 15.1. The summed E-state index contributed by atoms with van der Waals surface area (Å²) in [6.45, 7) is 2.08. The van der Waals surface area contributed by atoms with Crippen LogP contribution in [0.2, 0.25) is 0 Å². The van der Waals surface area contributed by atoms with E-state index in [0.717, 1.165) is 11.3 Å². The Morgan fingerprint density at radius 1 is 1.10 bits per heavy atom. The summed E-state index contributed by atoms with van der Waals surface area (Å²) >= 11 is 0. The topological polar surface area (TPSA) is 77.1 Å². The molecule has 0 saturated carbocycles. The Balaban J connectivity index is 1.33. The van der Waals surface area contributed by atoms with Crippen LogP contribution in [0.15, 0.2) is 48.5 Å². The molecule has 2 aromatic rings. The van der Waals surface area contributed by atoms with E-state index in [-0.39, 0.29) is 17.7 Å².